The first-order valence-electron chi connectivity index (χ1n) is 5.36. The van der Waals surface area contributed by atoms with Crippen molar-refractivity contribution in [1.82, 2.24) is 4.98 Å². The average molecular weight is 309 g/mol. The first-order valence-corrected chi connectivity index (χ1v) is 7.22. The second kappa shape index (κ2) is 5.36. The third kappa shape index (κ3) is 2.99. The van der Waals surface area contributed by atoms with Crippen LogP contribution in [0.25, 0.3) is 0 Å². The highest BCUT2D eigenvalue weighted by atomic mass is 35.5. The van der Waals surface area contributed by atoms with Crippen LogP contribution in [0.15, 0.2) is 41.4 Å². The Morgan fingerprint density at radius 2 is 2.05 bits per heavy atom. The number of pyridine rings is 1. The molecule has 0 saturated heterocycles. The number of nitrogens with zero attached hydrogens (tertiary/aromatic N) is 2. The third-order valence-corrected chi connectivity index (χ3v) is 4.10. The molecule has 1 aromatic carbocycles. The molecule has 3 N–H and O–H groups in total. The van der Waals surface area contributed by atoms with Crippen molar-refractivity contribution in [3.63, 3.8) is 0 Å². The molecule has 6 nitrogen and oxygen atoms in total. The molecule has 0 radical (unpaired) electrons. The van der Waals surface area contributed by atoms with Crippen LogP contribution in [0.4, 0.5) is 11.5 Å². The van der Waals surface area contributed by atoms with Crippen molar-refractivity contribution in [1.29, 1.82) is 5.26 Å². The highest BCUT2D eigenvalue weighted by Crippen LogP contribution is 2.22. The Balaban J connectivity index is 2.34. The van der Waals surface area contributed by atoms with E-state index in [2.05, 4.69) is 9.71 Å². The molecule has 102 valence electrons. The van der Waals surface area contributed by atoms with E-state index in [4.69, 9.17) is 22.6 Å². The number of rotatable bonds is 3. The van der Waals surface area contributed by atoms with Gasteiger partial charge in [-0.25, -0.2) is 13.4 Å². The van der Waals surface area contributed by atoms with Crippen LogP contribution < -0.4 is 10.5 Å². The summed E-state index contributed by atoms with van der Waals surface area (Å²) in [4.78, 5) is 3.72. The quantitative estimate of drug-likeness (QED) is 0.901. The molecule has 0 unspecified atom stereocenters. The van der Waals surface area contributed by atoms with Gasteiger partial charge in [0.25, 0.3) is 10.0 Å². The zero-order valence-corrected chi connectivity index (χ0v) is 11.6. The number of nitrogen functional groups attached to an aromatic ring is 1. The van der Waals surface area contributed by atoms with E-state index in [1.165, 1.54) is 36.5 Å². The fourth-order valence-corrected chi connectivity index (χ4v) is 2.77. The molecule has 0 aliphatic carbocycles. The Kier molecular flexibility index (Phi) is 3.79. The average Bonchev–Trinajstić information content (AvgIpc) is 2.38. The zero-order chi connectivity index (χ0) is 14.8. The first-order chi connectivity index (χ1) is 9.42. The summed E-state index contributed by atoms with van der Waals surface area (Å²) in [7, 11) is -3.78. The van der Waals surface area contributed by atoms with Crippen LogP contribution in [0.5, 0.6) is 0 Å². The van der Waals surface area contributed by atoms with Gasteiger partial charge < -0.3 is 5.73 Å². The normalized spacial score (nSPS) is 10.8. The van der Waals surface area contributed by atoms with Crippen molar-refractivity contribution in [2.24, 2.45) is 0 Å². The van der Waals surface area contributed by atoms with Crippen LogP contribution in [0.1, 0.15) is 5.56 Å². The lowest BCUT2D eigenvalue weighted by atomic mass is 10.2. The number of benzene rings is 1. The number of nitriles is 1. The molecule has 0 aliphatic heterocycles. The molecule has 20 heavy (non-hydrogen) atoms. The predicted octanol–water partition coefficient (Wildman–Crippen LogP) is 1.99. The van der Waals surface area contributed by atoms with Crippen LogP contribution >= 0.6 is 11.6 Å². The summed E-state index contributed by atoms with van der Waals surface area (Å²) >= 11 is 5.84. The van der Waals surface area contributed by atoms with E-state index in [1.807, 2.05) is 6.07 Å². The van der Waals surface area contributed by atoms with Gasteiger partial charge in [-0.05, 0) is 24.3 Å². The lowest BCUT2D eigenvalue weighted by Gasteiger charge is -2.09. The van der Waals surface area contributed by atoms with Crippen molar-refractivity contribution >= 4 is 33.1 Å². The molecule has 0 aliphatic rings. The second-order valence-electron chi connectivity index (χ2n) is 3.83. The highest BCUT2D eigenvalue weighted by molar-refractivity contribution is 7.92. The van der Waals surface area contributed by atoms with Gasteiger partial charge in [-0.3, -0.25) is 4.72 Å². The van der Waals surface area contributed by atoms with Crippen LogP contribution in [0.3, 0.4) is 0 Å². The fraction of sp³-hybridized carbons (Fsp3) is 0. The molecule has 1 heterocycles. The van der Waals surface area contributed by atoms with Gasteiger partial charge >= 0.3 is 0 Å². The number of aromatic nitrogens is 1. The minimum absolute atomic E-state index is 0.00881. The van der Waals surface area contributed by atoms with E-state index in [-0.39, 0.29) is 27.0 Å². The third-order valence-electron chi connectivity index (χ3n) is 2.40. The van der Waals surface area contributed by atoms with Gasteiger partial charge in [0.1, 0.15) is 11.9 Å². The summed E-state index contributed by atoms with van der Waals surface area (Å²) in [5.74, 6) is 0.103. The van der Waals surface area contributed by atoms with Crippen molar-refractivity contribution in [3.05, 3.63) is 47.1 Å². The van der Waals surface area contributed by atoms with Gasteiger partial charge in [-0.1, -0.05) is 11.6 Å². The van der Waals surface area contributed by atoms with E-state index in [0.29, 0.717) is 0 Å². The van der Waals surface area contributed by atoms with Gasteiger partial charge in [-0.2, -0.15) is 5.26 Å². The number of hydrogen-bond acceptors (Lipinski definition) is 5. The summed E-state index contributed by atoms with van der Waals surface area (Å²) in [6, 6.07) is 8.70. The zero-order valence-electron chi connectivity index (χ0n) is 10.0. The van der Waals surface area contributed by atoms with E-state index in [9.17, 15) is 8.42 Å². The second-order valence-corrected chi connectivity index (χ2v) is 5.92. The molecule has 1 aromatic heterocycles. The van der Waals surface area contributed by atoms with Gasteiger partial charge in [0.2, 0.25) is 0 Å². The molecule has 0 spiro atoms. The highest BCUT2D eigenvalue weighted by Gasteiger charge is 2.15. The number of hydrogen-bond donors (Lipinski definition) is 2. The summed E-state index contributed by atoms with van der Waals surface area (Å²) in [5, 5.41) is 8.92. The Labute approximate surface area is 120 Å². The number of sulfonamides is 1. The molecular weight excluding hydrogens is 300 g/mol. The first kappa shape index (κ1) is 14.1. The Bertz CT molecular complexity index is 799. The summed E-state index contributed by atoms with van der Waals surface area (Å²) in [5.41, 5.74) is 5.97. The van der Waals surface area contributed by atoms with Gasteiger partial charge in [0, 0.05) is 12.3 Å². The Morgan fingerprint density at radius 3 is 2.65 bits per heavy atom. The van der Waals surface area contributed by atoms with Crippen molar-refractivity contribution in [2.45, 2.75) is 4.90 Å². The number of nitrogens with two attached hydrogens (primary N) is 1. The minimum Gasteiger partial charge on any atom is -0.384 e. The lowest BCUT2D eigenvalue weighted by Crippen LogP contribution is -2.13. The monoisotopic (exact) mass is 308 g/mol. The van der Waals surface area contributed by atoms with Crippen LogP contribution in [-0.4, -0.2) is 13.4 Å². The van der Waals surface area contributed by atoms with Gasteiger partial charge in [-0.15, -0.1) is 0 Å². The molecular formula is C12H9ClN4O2S. The fourth-order valence-electron chi connectivity index (χ4n) is 1.48. The van der Waals surface area contributed by atoms with E-state index < -0.39 is 10.0 Å². The van der Waals surface area contributed by atoms with Crippen molar-refractivity contribution < 1.29 is 8.42 Å². The molecule has 0 amide bonds. The SMILES string of the molecule is N#Cc1ccc(NS(=O)(=O)c2ccnc(N)c2)cc1Cl. The topological polar surface area (TPSA) is 109 Å². The number of nitrogens with one attached hydrogen (secondary N) is 1. The number of anilines is 2. The molecule has 8 heteroatoms. The Morgan fingerprint density at radius 1 is 1.30 bits per heavy atom. The van der Waals surface area contributed by atoms with E-state index in [1.54, 1.807) is 0 Å². The van der Waals surface area contributed by atoms with Gasteiger partial charge in [0.05, 0.1) is 21.2 Å². The molecule has 2 rings (SSSR count). The smallest absolute Gasteiger partial charge is 0.262 e. The molecule has 0 saturated carbocycles. The van der Waals surface area contributed by atoms with Crippen LogP contribution in [0.2, 0.25) is 5.02 Å². The van der Waals surface area contributed by atoms with Crippen molar-refractivity contribution in [2.75, 3.05) is 10.5 Å². The van der Waals surface area contributed by atoms with Crippen LogP contribution in [0, 0.1) is 11.3 Å². The lowest BCUT2D eigenvalue weighted by molar-refractivity contribution is 0.601. The maximum atomic E-state index is 12.1. The largest absolute Gasteiger partial charge is 0.384 e. The number of halogens is 1. The molecule has 0 fully saturated rings. The van der Waals surface area contributed by atoms with Crippen molar-refractivity contribution in [3.8, 4) is 6.07 Å². The Hall–Kier alpha value is -2.30. The molecule has 0 atom stereocenters. The standard InChI is InChI=1S/C12H9ClN4O2S/c13-11-5-9(2-1-8(11)7-14)17-20(18,19)10-3-4-16-12(15)6-10/h1-6,17H,(H2,15,16). The summed E-state index contributed by atoms with van der Waals surface area (Å²) in [6.07, 6.45) is 1.30. The van der Waals surface area contributed by atoms with Crippen LogP contribution in [-0.2, 0) is 10.0 Å². The van der Waals surface area contributed by atoms with E-state index in [0.717, 1.165) is 0 Å². The maximum absolute atomic E-state index is 12.1. The minimum atomic E-state index is -3.78. The molecule has 2 aromatic rings. The maximum Gasteiger partial charge on any atom is 0.262 e. The van der Waals surface area contributed by atoms with Gasteiger partial charge in [0.15, 0.2) is 0 Å². The summed E-state index contributed by atoms with van der Waals surface area (Å²) in [6.45, 7) is 0. The predicted molar refractivity (Wildman–Crippen MR) is 75.6 cm³/mol. The summed E-state index contributed by atoms with van der Waals surface area (Å²) < 4.78 is 26.6. The van der Waals surface area contributed by atoms with E-state index >= 15 is 0 Å². The molecule has 0 bridgehead atoms.